The van der Waals surface area contributed by atoms with Crippen molar-refractivity contribution in [2.24, 2.45) is 5.92 Å². The number of nitrogens with zero attached hydrogens (tertiary/aromatic N) is 1. The smallest absolute Gasteiger partial charge is 0.252 e. The quantitative estimate of drug-likeness (QED) is 0.850. The molecule has 1 aromatic rings. The summed E-state index contributed by atoms with van der Waals surface area (Å²) in [7, 11) is 3.30. The van der Waals surface area contributed by atoms with Crippen LogP contribution < -0.4 is 9.47 Å². The first-order chi connectivity index (χ1) is 11.6. The number of ether oxygens (including phenoxy) is 3. The summed E-state index contributed by atoms with van der Waals surface area (Å²) in [4.78, 5) is 15.0. The van der Waals surface area contributed by atoms with Crippen molar-refractivity contribution in [1.82, 2.24) is 4.90 Å². The third kappa shape index (κ3) is 2.97. The zero-order valence-corrected chi connectivity index (χ0v) is 15.0. The predicted octanol–water partition coefficient (Wildman–Crippen LogP) is 2.96. The Bertz CT molecular complexity index is 608. The van der Waals surface area contributed by atoms with Gasteiger partial charge in [0.1, 0.15) is 6.10 Å². The lowest BCUT2D eigenvalue weighted by Crippen LogP contribution is -2.46. The topological polar surface area (TPSA) is 48.0 Å². The van der Waals surface area contributed by atoms with E-state index in [4.69, 9.17) is 14.2 Å². The Morgan fingerprint density at radius 3 is 2.54 bits per heavy atom. The van der Waals surface area contributed by atoms with Crippen molar-refractivity contribution in [3.63, 3.8) is 0 Å². The van der Waals surface area contributed by atoms with E-state index in [1.807, 2.05) is 11.0 Å². The second-order valence-electron chi connectivity index (χ2n) is 6.88. The largest absolute Gasteiger partial charge is 0.493 e. The number of hydrogen-bond donors (Lipinski definition) is 0. The van der Waals surface area contributed by atoms with Gasteiger partial charge in [-0.1, -0.05) is 13.8 Å². The number of methoxy groups -OCH3 is 2. The molecule has 132 valence electrons. The summed E-state index contributed by atoms with van der Waals surface area (Å²) in [6.45, 7) is 5.74. The average Bonchev–Trinajstić information content (AvgIpc) is 3.13. The van der Waals surface area contributed by atoms with Crippen LogP contribution in [0.25, 0.3) is 0 Å². The normalized spacial score (nSPS) is 23.3. The van der Waals surface area contributed by atoms with Crippen LogP contribution in [0.2, 0.25) is 0 Å². The number of hydrogen-bond acceptors (Lipinski definition) is 4. The summed E-state index contributed by atoms with van der Waals surface area (Å²) in [6, 6.07) is 4.14. The van der Waals surface area contributed by atoms with Crippen LogP contribution >= 0.6 is 0 Å². The molecule has 5 heteroatoms. The van der Waals surface area contributed by atoms with Gasteiger partial charge in [-0.3, -0.25) is 4.79 Å². The van der Waals surface area contributed by atoms with Crippen LogP contribution in [0.4, 0.5) is 0 Å². The van der Waals surface area contributed by atoms with Gasteiger partial charge in [-0.05, 0) is 48.4 Å². The molecule has 2 atom stereocenters. The van der Waals surface area contributed by atoms with Crippen LogP contribution in [0.3, 0.4) is 0 Å². The van der Waals surface area contributed by atoms with E-state index in [2.05, 4.69) is 19.9 Å². The third-order valence-corrected chi connectivity index (χ3v) is 5.04. The molecule has 24 heavy (non-hydrogen) atoms. The van der Waals surface area contributed by atoms with E-state index in [0.29, 0.717) is 18.3 Å². The zero-order valence-electron chi connectivity index (χ0n) is 15.0. The van der Waals surface area contributed by atoms with E-state index < -0.39 is 0 Å². The van der Waals surface area contributed by atoms with Crippen LogP contribution in [-0.2, 0) is 16.0 Å². The Labute approximate surface area is 143 Å². The number of rotatable bonds is 4. The van der Waals surface area contributed by atoms with E-state index in [-0.39, 0.29) is 18.1 Å². The van der Waals surface area contributed by atoms with Gasteiger partial charge >= 0.3 is 0 Å². The average molecular weight is 333 g/mol. The molecule has 1 saturated heterocycles. The summed E-state index contributed by atoms with van der Waals surface area (Å²) in [5.41, 5.74) is 2.41. The summed E-state index contributed by atoms with van der Waals surface area (Å²) < 4.78 is 16.5. The molecule has 2 unspecified atom stereocenters. The van der Waals surface area contributed by atoms with Gasteiger partial charge in [-0.15, -0.1) is 0 Å². The lowest BCUT2D eigenvalue weighted by Gasteiger charge is -2.41. The molecular formula is C19H27NO4. The first-order valence-electron chi connectivity index (χ1n) is 8.73. The van der Waals surface area contributed by atoms with Crippen molar-refractivity contribution in [2.45, 2.75) is 45.3 Å². The molecule has 0 bridgehead atoms. The number of fused-ring (bicyclic) bond motifs is 1. The van der Waals surface area contributed by atoms with Gasteiger partial charge in [-0.25, -0.2) is 0 Å². The Morgan fingerprint density at radius 1 is 1.25 bits per heavy atom. The minimum absolute atomic E-state index is 0.0465. The van der Waals surface area contributed by atoms with Crippen LogP contribution in [0, 0.1) is 5.92 Å². The van der Waals surface area contributed by atoms with Crippen LogP contribution in [-0.4, -0.2) is 44.3 Å². The molecule has 1 amide bonds. The molecular weight excluding hydrogens is 306 g/mol. The maximum Gasteiger partial charge on any atom is 0.252 e. The molecule has 0 saturated carbocycles. The fraction of sp³-hybridized carbons (Fsp3) is 0.632. The van der Waals surface area contributed by atoms with E-state index in [0.717, 1.165) is 31.6 Å². The minimum Gasteiger partial charge on any atom is -0.493 e. The van der Waals surface area contributed by atoms with Gasteiger partial charge in [0.05, 0.1) is 20.3 Å². The molecule has 5 nitrogen and oxygen atoms in total. The highest BCUT2D eigenvalue weighted by molar-refractivity contribution is 5.82. The van der Waals surface area contributed by atoms with Crippen molar-refractivity contribution in [3.05, 3.63) is 23.3 Å². The van der Waals surface area contributed by atoms with Gasteiger partial charge in [0.15, 0.2) is 11.5 Å². The van der Waals surface area contributed by atoms with Crippen molar-refractivity contribution in [2.75, 3.05) is 27.4 Å². The highest BCUT2D eigenvalue weighted by Gasteiger charge is 2.38. The van der Waals surface area contributed by atoms with Crippen molar-refractivity contribution in [1.29, 1.82) is 0 Å². The fourth-order valence-corrected chi connectivity index (χ4v) is 3.90. The predicted molar refractivity (Wildman–Crippen MR) is 91.5 cm³/mol. The van der Waals surface area contributed by atoms with E-state index >= 15 is 0 Å². The first kappa shape index (κ1) is 17.1. The van der Waals surface area contributed by atoms with Gasteiger partial charge < -0.3 is 19.1 Å². The van der Waals surface area contributed by atoms with E-state index in [1.165, 1.54) is 11.1 Å². The second-order valence-corrected chi connectivity index (χ2v) is 6.88. The number of amides is 1. The summed E-state index contributed by atoms with van der Waals surface area (Å²) in [5, 5.41) is 0. The Balaban J connectivity index is 1.97. The molecule has 2 aliphatic heterocycles. The zero-order chi connectivity index (χ0) is 17.3. The number of benzene rings is 1. The fourth-order valence-electron chi connectivity index (χ4n) is 3.90. The maximum atomic E-state index is 12.9. The molecule has 0 N–H and O–H groups in total. The third-order valence-electron chi connectivity index (χ3n) is 5.04. The molecule has 0 aromatic heterocycles. The molecule has 3 rings (SSSR count). The van der Waals surface area contributed by atoms with Crippen molar-refractivity contribution in [3.8, 4) is 11.5 Å². The van der Waals surface area contributed by atoms with Gasteiger partial charge in [0.2, 0.25) is 0 Å². The molecule has 0 spiro atoms. The lowest BCUT2D eigenvalue weighted by molar-refractivity contribution is -0.145. The van der Waals surface area contributed by atoms with Crippen LogP contribution in [0.5, 0.6) is 11.5 Å². The summed E-state index contributed by atoms with van der Waals surface area (Å²) >= 11 is 0. The first-order valence-corrected chi connectivity index (χ1v) is 8.73. The molecule has 0 radical (unpaired) electrons. The SMILES string of the molecule is COc1cc2c(cc1OC)C(C(C)C)N(C(=O)C1CCCO1)CC2. The van der Waals surface area contributed by atoms with Gasteiger partial charge in [0, 0.05) is 13.2 Å². The Morgan fingerprint density at radius 2 is 1.96 bits per heavy atom. The molecule has 0 aliphatic carbocycles. The molecule has 1 fully saturated rings. The van der Waals surface area contributed by atoms with Crippen molar-refractivity contribution >= 4 is 5.91 Å². The summed E-state index contributed by atoms with van der Waals surface area (Å²) in [6.07, 6.45) is 2.36. The summed E-state index contributed by atoms with van der Waals surface area (Å²) in [5.74, 6) is 1.91. The van der Waals surface area contributed by atoms with E-state index in [1.54, 1.807) is 14.2 Å². The van der Waals surface area contributed by atoms with Gasteiger partial charge in [0.25, 0.3) is 5.91 Å². The highest BCUT2D eigenvalue weighted by atomic mass is 16.5. The Hall–Kier alpha value is -1.75. The maximum absolute atomic E-state index is 12.9. The van der Waals surface area contributed by atoms with Crippen LogP contribution in [0.15, 0.2) is 12.1 Å². The van der Waals surface area contributed by atoms with Gasteiger partial charge in [-0.2, -0.15) is 0 Å². The minimum atomic E-state index is -0.270. The number of carbonyl (C=O) groups excluding carboxylic acids is 1. The highest BCUT2D eigenvalue weighted by Crippen LogP contribution is 2.41. The number of carbonyl (C=O) groups is 1. The standard InChI is InChI=1S/C19H27NO4/c1-12(2)18-14-11-17(23-4)16(22-3)10-13(14)7-8-20(18)19(21)15-6-5-9-24-15/h10-12,15,18H,5-9H2,1-4H3. The van der Waals surface area contributed by atoms with E-state index in [9.17, 15) is 4.79 Å². The van der Waals surface area contributed by atoms with Crippen molar-refractivity contribution < 1.29 is 19.0 Å². The Kier molecular flexibility index (Phi) is 4.99. The molecule has 2 aliphatic rings. The molecule has 1 aromatic carbocycles. The molecule has 2 heterocycles. The van der Waals surface area contributed by atoms with Crippen LogP contribution in [0.1, 0.15) is 43.9 Å². The second kappa shape index (κ2) is 7.01. The monoisotopic (exact) mass is 333 g/mol. The lowest BCUT2D eigenvalue weighted by atomic mass is 9.85.